The Labute approximate surface area is 409 Å². The molecule has 328 valence electrons. The minimum atomic E-state index is -0.444. The van der Waals surface area contributed by atoms with Gasteiger partial charge in [0.2, 0.25) is 0 Å². The summed E-state index contributed by atoms with van der Waals surface area (Å²) in [5.74, 6) is 0.790. The van der Waals surface area contributed by atoms with E-state index in [1.54, 1.807) is 0 Å². The van der Waals surface area contributed by atoms with Crippen molar-refractivity contribution in [2.75, 3.05) is 9.80 Å². The van der Waals surface area contributed by atoms with E-state index in [0.717, 1.165) is 5.69 Å². The summed E-state index contributed by atoms with van der Waals surface area (Å²) in [6.07, 6.45) is 0. The summed E-state index contributed by atoms with van der Waals surface area (Å²) in [4.78, 5) is 6.59. The van der Waals surface area contributed by atoms with Crippen LogP contribution in [0.15, 0.2) is 212 Å². The fourth-order valence-electron chi connectivity index (χ4n) is 12.8. The number of thiophene rings is 1. The van der Waals surface area contributed by atoms with Gasteiger partial charge in [-0.05, 0) is 144 Å². The lowest BCUT2D eigenvalue weighted by Crippen LogP contribution is -2.60. The van der Waals surface area contributed by atoms with E-state index in [2.05, 4.69) is 261 Å². The second-order valence-corrected chi connectivity index (χ2v) is 20.9. The number of anilines is 6. The summed E-state index contributed by atoms with van der Waals surface area (Å²) >= 11 is 2.05. The third-order valence-electron chi connectivity index (χ3n) is 15.6. The summed E-state index contributed by atoms with van der Waals surface area (Å²) in [6.45, 7) is 9.34. The molecule has 0 radical (unpaired) electrons. The van der Waals surface area contributed by atoms with Crippen LogP contribution >= 0.6 is 11.3 Å². The van der Waals surface area contributed by atoms with Gasteiger partial charge in [-0.25, -0.2) is 0 Å². The molecule has 4 heteroatoms. The quantitative estimate of drug-likeness (QED) is 0.153. The van der Waals surface area contributed by atoms with Crippen molar-refractivity contribution in [1.29, 1.82) is 0 Å². The molecule has 2 aliphatic heterocycles. The van der Waals surface area contributed by atoms with Crippen LogP contribution in [0.25, 0.3) is 44.5 Å². The first-order chi connectivity index (χ1) is 33.9. The van der Waals surface area contributed by atoms with E-state index in [-0.39, 0.29) is 6.71 Å². The number of benzene rings is 9. The van der Waals surface area contributed by atoms with Crippen LogP contribution in [0.4, 0.5) is 34.1 Å². The third-order valence-corrected chi connectivity index (χ3v) is 17.0. The van der Waals surface area contributed by atoms with Crippen molar-refractivity contribution in [2.24, 2.45) is 0 Å². The lowest BCUT2D eigenvalue weighted by atomic mass is 9.36. The summed E-state index contributed by atoms with van der Waals surface area (Å²) in [7, 11) is 0. The van der Waals surface area contributed by atoms with E-state index in [4.69, 9.17) is 0 Å². The fraction of sp³-hybridized carbons (Fsp3) is 0.108. The highest BCUT2D eigenvalue weighted by Gasteiger charge is 2.56. The summed E-state index contributed by atoms with van der Waals surface area (Å²) in [5.41, 5.74) is 26.9. The average molecular weight is 901 g/mol. The van der Waals surface area contributed by atoms with Crippen molar-refractivity contribution < 1.29 is 0 Å². The number of fused-ring (bicyclic) bond motifs is 15. The lowest BCUT2D eigenvalue weighted by molar-refractivity contribution is 0.791. The Hall–Kier alpha value is -7.66. The molecule has 1 aromatic heterocycles. The lowest BCUT2D eigenvalue weighted by Gasteiger charge is -2.43. The Morgan fingerprint density at radius 1 is 0.420 bits per heavy atom. The summed E-state index contributed by atoms with van der Waals surface area (Å²) in [5, 5.41) is 0. The minimum absolute atomic E-state index is 0.00925. The van der Waals surface area contributed by atoms with E-state index < -0.39 is 5.41 Å². The van der Waals surface area contributed by atoms with Crippen molar-refractivity contribution in [2.45, 2.75) is 44.9 Å². The SMILES string of the molecule is CC(C)c1cc(-c2ccccc2)c(-c2ccc3c(c2)N(c2ccccc2)c2cccc4c2B3c2sc3c(c2N4c2ccccc2)-c2ccccc2C32c3ccccc3-c3ccccc32)cc1C(C)C. The molecule has 0 bridgehead atoms. The van der Waals surface area contributed by atoms with Crippen LogP contribution in [0.3, 0.4) is 0 Å². The van der Waals surface area contributed by atoms with Crippen LogP contribution < -0.4 is 25.5 Å². The molecule has 9 aromatic carbocycles. The van der Waals surface area contributed by atoms with Crippen molar-refractivity contribution >= 4 is 67.9 Å². The van der Waals surface area contributed by atoms with Crippen molar-refractivity contribution in [3.05, 3.63) is 245 Å². The zero-order valence-electron chi connectivity index (χ0n) is 39.2. The highest BCUT2D eigenvalue weighted by Crippen LogP contribution is 2.67. The molecule has 0 atom stereocenters. The maximum atomic E-state index is 2.61. The highest BCUT2D eigenvalue weighted by atomic mass is 32.1. The maximum absolute atomic E-state index is 2.61. The van der Waals surface area contributed by atoms with Gasteiger partial charge in [-0.2, -0.15) is 0 Å². The average Bonchev–Trinajstić information content (AvgIpc) is 4.03. The molecule has 2 aliphatic carbocycles. The molecule has 0 fully saturated rings. The Bertz CT molecular complexity index is 3660. The molecular weight excluding hydrogens is 852 g/mol. The van der Waals surface area contributed by atoms with Crippen molar-refractivity contribution in [1.82, 2.24) is 0 Å². The molecule has 4 aliphatic rings. The fourth-order valence-corrected chi connectivity index (χ4v) is 14.4. The van der Waals surface area contributed by atoms with Crippen LogP contribution in [0.5, 0.6) is 0 Å². The monoisotopic (exact) mass is 900 g/mol. The smallest absolute Gasteiger partial charge is 0.264 e. The van der Waals surface area contributed by atoms with Crippen LogP contribution in [0.2, 0.25) is 0 Å². The predicted molar refractivity (Wildman–Crippen MR) is 294 cm³/mol. The van der Waals surface area contributed by atoms with Gasteiger partial charge in [0.1, 0.15) is 0 Å². The Balaban J connectivity index is 1.09. The Morgan fingerprint density at radius 3 is 1.51 bits per heavy atom. The first-order valence-electron chi connectivity index (χ1n) is 24.6. The van der Waals surface area contributed by atoms with E-state index in [0.29, 0.717) is 11.8 Å². The van der Waals surface area contributed by atoms with Crippen LogP contribution in [0, 0.1) is 0 Å². The minimum Gasteiger partial charge on any atom is -0.311 e. The second-order valence-electron chi connectivity index (χ2n) is 19.9. The summed E-state index contributed by atoms with van der Waals surface area (Å²) in [6, 6.07) is 80.3. The van der Waals surface area contributed by atoms with E-state index >= 15 is 0 Å². The van der Waals surface area contributed by atoms with Gasteiger partial charge in [0.25, 0.3) is 6.71 Å². The normalized spacial score (nSPS) is 14.1. The Kier molecular flexibility index (Phi) is 8.89. The molecule has 10 aromatic rings. The first kappa shape index (κ1) is 40.4. The predicted octanol–water partition coefficient (Wildman–Crippen LogP) is 15.8. The standard InChI is InChI=1S/C65H49BN2S/c1-40(2)49-38-51(42-21-8-5-9-22-42)52(39-50(49)41(3)4)43-35-36-56-59(37-43)67(44-23-10-6-11-24-44)57-33-20-34-58-61(57)66(56)64-62(68(58)45-25-12-7-13-26-45)60-48-29-16-19-32-55(48)65(63(60)69-64)53-30-17-14-27-46(53)47-28-15-18-31-54(47)65/h5-41H,1-4H3. The van der Waals surface area contributed by atoms with Crippen LogP contribution in [-0.4, -0.2) is 6.71 Å². The summed E-state index contributed by atoms with van der Waals surface area (Å²) < 4.78 is 1.40. The van der Waals surface area contributed by atoms with Gasteiger partial charge in [0, 0.05) is 43.7 Å². The van der Waals surface area contributed by atoms with Gasteiger partial charge < -0.3 is 9.80 Å². The molecule has 14 rings (SSSR count). The number of hydrogen-bond donors (Lipinski definition) is 0. The molecule has 69 heavy (non-hydrogen) atoms. The molecule has 2 nitrogen and oxygen atoms in total. The molecule has 0 amide bonds. The number of para-hydroxylation sites is 2. The molecular formula is C65H49BN2S. The molecule has 0 unspecified atom stereocenters. The van der Waals surface area contributed by atoms with Crippen LogP contribution in [-0.2, 0) is 5.41 Å². The third kappa shape index (κ3) is 5.55. The second kappa shape index (κ2) is 15.2. The van der Waals surface area contributed by atoms with Gasteiger partial charge in [-0.1, -0.05) is 185 Å². The zero-order valence-corrected chi connectivity index (χ0v) is 40.1. The van der Waals surface area contributed by atoms with E-state index in [9.17, 15) is 0 Å². The number of rotatable bonds is 6. The Morgan fingerprint density at radius 2 is 0.913 bits per heavy atom. The number of hydrogen-bond acceptors (Lipinski definition) is 3. The first-order valence-corrected chi connectivity index (χ1v) is 25.4. The van der Waals surface area contributed by atoms with Crippen LogP contribution in [0.1, 0.15) is 72.2 Å². The molecule has 0 saturated carbocycles. The van der Waals surface area contributed by atoms with Crippen molar-refractivity contribution in [3.8, 4) is 44.5 Å². The van der Waals surface area contributed by atoms with E-state index in [1.807, 2.05) is 0 Å². The molecule has 0 saturated heterocycles. The van der Waals surface area contributed by atoms with Gasteiger partial charge in [0.15, 0.2) is 0 Å². The highest BCUT2D eigenvalue weighted by molar-refractivity contribution is 7.30. The van der Waals surface area contributed by atoms with Gasteiger partial charge >= 0.3 is 0 Å². The van der Waals surface area contributed by atoms with Gasteiger partial charge in [-0.15, -0.1) is 11.3 Å². The van der Waals surface area contributed by atoms with E-state index in [1.165, 1.54) is 121 Å². The largest absolute Gasteiger partial charge is 0.311 e. The molecule has 0 N–H and O–H groups in total. The van der Waals surface area contributed by atoms with Gasteiger partial charge in [0.05, 0.1) is 11.1 Å². The van der Waals surface area contributed by atoms with Gasteiger partial charge in [-0.3, -0.25) is 0 Å². The molecule has 3 heterocycles. The zero-order chi connectivity index (χ0) is 46.1. The topological polar surface area (TPSA) is 6.48 Å². The maximum Gasteiger partial charge on any atom is 0.264 e. The van der Waals surface area contributed by atoms with Crippen molar-refractivity contribution in [3.63, 3.8) is 0 Å². The molecule has 1 spiro atoms. The number of nitrogens with zero attached hydrogens (tertiary/aromatic N) is 2.